The van der Waals surface area contributed by atoms with Gasteiger partial charge in [0.25, 0.3) is 0 Å². The van der Waals surface area contributed by atoms with Crippen LogP contribution in [-0.2, 0) is 9.53 Å². The van der Waals surface area contributed by atoms with Crippen molar-refractivity contribution in [1.82, 2.24) is 10.2 Å². The van der Waals surface area contributed by atoms with E-state index in [4.69, 9.17) is 4.74 Å². The van der Waals surface area contributed by atoms with Crippen molar-refractivity contribution in [3.05, 3.63) is 0 Å². The van der Waals surface area contributed by atoms with Crippen molar-refractivity contribution in [3.63, 3.8) is 0 Å². The number of hydrogen-bond donors (Lipinski definition) is 1. The fourth-order valence-corrected chi connectivity index (χ4v) is 1.86. The van der Waals surface area contributed by atoms with Crippen molar-refractivity contribution in [2.24, 2.45) is 0 Å². The molecular formula is C11H22N2O2. The van der Waals surface area contributed by atoms with E-state index in [9.17, 15) is 4.79 Å². The van der Waals surface area contributed by atoms with Crippen LogP contribution in [-0.4, -0.2) is 49.7 Å². The van der Waals surface area contributed by atoms with Gasteiger partial charge in [-0.1, -0.05) is 0 Å². The zero-order valence-electron chi connectivity index (χ0n) is 9.79. The zero-order valence-corrected chi connectivity index (χ0v) is 9.79. The van der Waals surface area contributed by atoms with Crippen LogP contribution in [0.5, 0.6) is 0 Å². The van der Waals surface area contributed by atoms with E-state index in [2.05, 4.69) is 5.32 Å². The minimum Gasteiger partial charge on any atom is -0.370 e. The number of ether oxygens (including phenoxy) is 1. The number of likely N-dealkylation sites (N-methyl/N-ethyl adjacent to an activating group) is 1. The molecule has 0 bridgehead atoms. The summed E-state index contributed by atoms with van der Waals surface area (Å²) in [5.41, 5.74) is 0. The molecule has 1 N–H and O–H groups in total. The molecule has 15 heavy (non-hydrogen) atoms. The lowest BCUT2D eigenvalue weighted by Crippen LogP contribution is -2.35. The number of nitrogens with zero attached hydrogens (tertiary/aromatic N) is 1. The van der Waals surface area contributed by atoms with Gasteiger partial charge in [0, 0.05) is 19.1 Å². The normalized spacial score (nSPS) is 20.5. The molecule has 1 unspecified atom stereocenters. The van der Waals surface area contributed by atoms with Gasteiger partial charge in [-0.2, -0.15) is 0 Å². The fraction of sp³-hybridized carbons (Fsp3) is 0.909. The van der Waals surface area contributed by atoms with Crippen molar-refractivity contribution in [2.45, 2.75) is 32.7 Å². The second-order valence-corrected chi connectivity index (χ2v) is 3.87. The lowest BCUT2D eigenvalue weighted by atomic mass is 10.2. The smallest absolute Gasteiger partial charge is 0.248 e. The maximum Gasteiger partial charge on any atom is 0.248 e. The predicted octanol–water partition coefficient (Wildman–Crippen LogP) is 0.623. The Morgan fingerprint density at radius 2 is 2.20 bits per heavy atom. The lowest BCUT2D eigenvalue weighted by Gasteiger charge is -2.19. The van der Waals surface area contributed by atoms with Gasteiger partial charge in [0.05, 0.1) is 6.61 Å². The third-order valence-corrected chi connectivity index (χ3v) is 2.82. The zero-order chi connectivity index (χ0) is 11.1. The molecule has 4 heteroatoms. The highest BCUT2D eigenvalue weighted by molar-refractivity contribution is 5.77. The van der Waals surface area contributed by atoms with E-state index in [1.54, 1.807) is 4.90 Å². The number of rotatable bonds is 6. The summed E-state index contributed by atoms with van der Waals surface area (Å²) in [4.78, 5) is 13.4. The van der Waals surface area contributed by atoms with Crippen molar-refractivity contribution < 1.29 is 9.53 Å². The van der Waals surface area contributed by atoms with E-state index in [0.29, 0.717) is 12.6 Å². The molecular weight excluding hydrogens is 192 g/mol. The summed E-state index contributed by atoms with van der Waals surface area (Å²) in [6.07, 6.45) is 2.39. The van der Waals surface area contributed by atoms with Crippen LogP contribution >= 0.6 is 0 Å². The molecule has 0 spiro atoms. The molecule has 0 aromatic heterocycles. The molecule has 1 amide bonds. The van der Waals surface area contributed by atoms with Gasteiger partial charge in [-0.3, -0.25) is 4.79 Å². The Bertz CT molecular complexity index is 187. The summed E-state index contributed by atoms with van der Waals surface area (Å²) in [6.45, 7) is 7.46. The monoisotopic (exact) mass is 214 g/mol. The molecule has 1 fully saturated rings. The molecule has 0 aromatic carbocycles. The SMILES string of the molecule is CCN(CC)C(=O)COCC1CCCN1. The summed E-state index contributed by atoms with van der Waals surface area (Å²) < 4.78 is 5.41. The lowest BCUT2D eigenvalue weighted by molar-refractivity contribution is -0.135. The number of carbonyl (C=O) groups excluding carboxylic acids is 1. The second kappa shape index (κ2) is 6.80. The Balaban J connectivity index is 2.10. The third kappa shape index (κ3) is 4.18. The Morgan fingerprint density at radius 1 is 1.47 bits per heavy atom. The van der Waals surface area contributed by atoms with E-state index >= 15 is 0 Å². The first-order valence-electron chi connectivity index (χ1n) is 5.86. The molecule has 0 radical (unpaired) electrons. The average molecular weight is 214 g/mol. The van der Waals surface area contributed by atoms with E-state index in [-0.39, 0.29) is 12.5 Å². The van der Waals surface area contributed by atoms with Crippen LogP contribution in [0.25, 0.3) is 0 Å². The molecule has 0 aliphatic carbocycles. The van der Waals surface area contributed by atoms with Crippen LogP contribution in [0.15, 0.2) is 0 Å². The average Bonchev–Trinajstić information content (AvgIpc) is 2.72. The molecule has 88 valence electrons. The number of nitrogens with one attached hydrogen (secondary N) is 1. The van der Waals surface area contributed by atoms with Crippen LogP contribution in [0, 0.1) is 0 Å². The second-order valence-electron chi connectivity index (χ2n) is 3.87. The van der Waals surface area contributed by atoms with Gasteiger partial charge in [0.1, 0.15) is 6.61 Å². The maximum absolute atomic E-state index is 11.6. The third-order valence-electron chi connectivity index (χ3n) is 2.82. The first-order valence-corrected chi connectivity index (χ1v) is 5.86. The van der Waals surface area contributed by atoms with Crippen LogP contribution in [0.4, 0.5) is 0 Å². The van der Waals surface area contributed by atoms with Gasteiger partial charge in [-0.05, 0) is 33.2 Å². The van der Waals surface area contributed by atoms with Crippen LogP contribution in [0.1, 0.15) is 26.7 Å². The first kappa shape index (κ1) is 12.5. The summed E-state index contributed by atoms with van der Waals surface area (Å²) in [5.74, 6) is 0.0954. The molecule has 4 nitrogen and oxygen atoms in total. The van der Waals surface area contributed by atoms with Crippen LogP contribution in [0.2, 0.25) is 0 Å². The molecule has 1 aliphatic heterocycles. The van der Waals surface area contributed by atoms with Gasteiger partial charge < -0.3 is 15.0 Å². The largest absolute Gasteiger partial charge is 0.370 e. The van der Waals surface area contributed by atoms with E-state index in [0.717, 1.165) is 19.6 Å². The van der Waals surface area contributed by atoms with Crippen molar-refractivity contribution >= 4 is 5.91 Å². The Labute approximate surface area is 92.0 Å². The minimum atomic E-state index is 0.0954. The van der Waals surface area contributed by atoms with Crippen LogP contribution in [0.3, 0.4) is 0 Å². The molecule has 1 rings (SSSR count). The summed E-state index contributed by atoms with van der Waals surface area (Å²) >= 11 is 0. The molecule has 0 aromatic rings. The van der Waals surface area contributed by atoms with Gasteiger partial charge in [0.2, 0.25) is 5.91 Å². The molecule has 1 heterocycles. The van der Waals surface area contributed by atoms with E-state index in [1.807, 2.05) is 13.8 Å². The summed E-state index contributed by atoms with van der Waals surface area (Å²) in [5, 5.41) is 3.34. The highest BCUT2D eigenvalue weighted by Crippen LogP contribution is 2.04. The van der Waals surface area contributed by atoms with Crippen molar-refractivity contribution in [1.29, 1.82) is 0 Å². The Hall–Kier alpha value is -0.610. The predicted molar refractivity (Wildman–Crippen MR) is 59.8 cm³/mol. The maximum atomic E-state index is 11.6. The van der Waals surface area contributed by atoms with Gasteiger partial charge >= 0.3 is 0 Å². The minimum absolute atomic E-state index is 0.0954. The standard InChI is InChI=1S/C11H22N2O2/c1-3-13(4-2)11(14)9-15-8-10-6-5-7-12-10/h10,12H,3-9H2,1-2H3. The van der Waals surface area contributed by atoms with Gasteiger partial charge in [-0.25, -0.2) is 0 Å². The number of carbonyl (C=O) groups is 1. The molecule has 1 aliphatic rings. The van der Waals surface area contributed by atoms with Gasteiger partial charge in [0.15, 0.2) is 0 Å². The van der Waals surface area contributed by atoms with E-state index in [1.165, 1.54) is 12.8 Å². The molecule has 1 atom stereocenters. The van der Waals surface area contributed by atoms with E-state index < -0.39 is 0 Å². The summed E-state index contributed by atoms with van der Waals surface area (Å²) in [7, 11) is 0. The van der Waals surface area contributed by atoms with Gasteiger partial charge in [-0.15, -0.1) is 0 Å². The topological polar surface area (TPSA) is 41.6 Å². The molecule has 0 saturated carbocycles. The Morgan fingerprint density at radius 3 is 2.73 bits per heavy atom. The highest BCUT2D eigenvalue weighted by atomic mass is 16.5. The molecule has 1 saturated heterocycles. The van der Waals surface area contributed by atoms with Crippen molar-refractivity contribution in [2.75, 3.05) is 32.8 Å². The Kier molecular flexibility index (Phi) is 5.65. The highest BCUT2D eigenvalue weighted by Gasteiger charge is 2.15. The van der Waals surface area contributed by atoms with Crippen LogP contribution < -0.4 is 5.32 Å². The van der Waals surface area contributed by atoms with Crippen molar-refractivity contribution in [3.8, 4) is 0 Å². The number of hydrogen-bond acceptors (Lipinski definition) is 3. The quantitative estimate of drug-likeness (QED) is 0.705. The first-order chi connectivity index (χ1) is 7.27. The number of amides is 1. The fourth-order valence-electron chi connectivity index (χ4n) is 1.86. The summed E-state index contributed by atoms with van der Waals surface area (Å²) in [6, 6.07) is 0.453.